The third-order valence-corrected chi connectivity index (χ3v) is 4.90. The van der Waals surface area contributed by atoms with Gasteiger partial charge < -0.3 is 18.6 Å². The fourth-order valence-electron chi connectivity index (χ4n) is 3.09. The zero-order chi connectivity index (χ0) is 25.3. The van der Waals surface area contributed by atoms with Crippen molar-refractivity contribution >= 4 is 16.9 Å². The third kappa shape index (κ3) is 4.52. The van der Waals surface area contributed by atoms with Gasteiger partial charge in [-0.05, 0) is 36.4 Å². The first-order valence-electron chi connectivity index (χ1n) is 9.76. The van der Waals surface area contributed by atoms with Crippen LogP contribution in [0.3, 0.4) is 0 Å². The van der Waals surface area contributed by atoms with E-state index < -0.39 is 52.7 Å². The lowest BCUT2D eigenvalue weighted by Crippen LogP contribution is -2.10. The van der Waals surface area contributed by atoms with E-state index in [2.05, 4.69) is 4.74 Å². The lowest BCUT2D eigenvalue weighted by molar-refractivity contribution is 0.0600. The Morgan fingerprint density at radius 3 is 2.09 bits per heavy atom. The Labute approximate surface area is 193 Å². The average Bonchev–Trinajstić information content (AvgIpc) is 2.88. The molecule has 0 aliphatic carbocycles. The molecular weight excluding hydrogens is 479 g/mol. The first-order valence-corrected chi connectivity index (χ1v) is 9.76. The molecule has 4 aromatic rings. The van der Waals surface area contributed by atoms with Gasteiger partial charge in [-0.25, -0.2) is 26.7 Å². The molecule has 11 heteroatoms. The second-order valence-electron chi connectivity index (χ2n) is 7.04. The summed E-state index contributed by atoms with van der Waals surface area (Å²) in [5, 5.41) is 0.0669. The Balaban J connectivity index is 1.55. The van der Waals surface area contributed by atoms with Crippen molar-refractivity contribution in [2.24, 2.45) is 0 Å². The zero-order valence-electron chi connectivity index (χ0n) is 17.7. The number of fused-ring (bicyclic) bond motifs is 1. The average molecular weight is 492 g/mol. The van der Waals surface area contributed by atoms with Crippen molar-refractivity contribution in [1.82, 2.24) is 0 Å². The van der Waals surface area contributed by atoms with E-state index in [1.165, 1.54) is 49.6 Å². The summed E-state index contributed by atoms with van der Waals surface area (Å²) in [6.07, 6.45) is 1.02. The smallest absolute Gasteiger partial charge is 0.337 e. The monoisotopic (exact) mass is 492 g/mol. The van der Waals surface area contributed by atoms with Crippen LogP contribution in [0.2, 0.25) is 0 Å². The van der Waals surface area contributed by atoms with Crippen LogP contribution in [-0.4, -0.2) is 13.1 Å². The molecule has 0 aliphatic heterocycles. The van der Waals surface area contributed by atoms with Gasteiger partial charge in [-0.1, -0.05) is 0 Å². The Kier molecular flexibility index (Phi) is 6.41. The van der Waals surface area contributed by atoms with Gasteiger partial charge in [0.05, 0.1) is 23.6 Å². The minimum Gasteiger partial charge on any atom is -0.489 e. The van der Waals surface area contributed by atoms with Crippen molar-refractivity contribution in [2.75, 3.05) is 7.11 Å². The highest BCUT2D eigenvalue weighted by Gasteiger charge is 2.26. The Bertz CT molecular complexity index is 1470. The first-order chi connectivity index (χ1) is 16.7. The number of carbonyl (C=O) groups is 1. The molecule has 0 radical (unpaired) electrons. The second-order valence-corrected chi connectivity index (χ2v) is 7.04. The SMILES string of the molecule is COC(=O)c1ccc(Oc2coc3cc(OCc4c(F)c(F)c(F)c(F)c4F)ccc3c2=O)cc1. The number of carbonyl (C=O) groups excluding carboxylic acids is 1. The van der Waals surface area contributed by atoms with E-state index in [-0.39, 0.29) is 33.8 Å². The van der Waals surface area contributed by atoms with E-state index in [1.807, 2.05) is 0 Å². The molecule has 0 saturated heterocycles. The predicted molar refractivity (Wildman–Crippen MR) is 111 cm³/mol. The fourth-order valence-corrected chi connectivity index (χ4v) is 3.09. The van der Waals surface area contributed by atoms with E-state index in [0.29, 0.717) is 0 Å². The molecule has 0 bridgehead atoms. The largest absolute Gasteiger partial charge is 0.489 e. The van der Waals surface area contributed by atoms with Crippen LogP contribution >= 0.6 is 0 Å². The summed E-state index contributed by atoms with van der Waals surface area (Å²) in [4.78, 5) is 24.2. The summed E-state index contributed by atoms with van der Waals surface area (Å²) in [5.74, 6) is -11.0. The highest BCUT2D eigenvalue weighted by atomic mass is 19.2. The highest BCUT2D eigenvalue weighted by Crippen LogP contribution is 2.27. The molecule has 3 aromatic carbocycles. The summed E-state index contributed by atoms with van der Waals surface area (Å²) >= 11 is 0. The molecule has 0 N–H and O–H groups in total. The van der Waals surface area contributed by atoms with Crippen molar-refractivity contribution in [1.29, 1.82) is 0 Å². The quantitative estimate of drug-likeness (QED) is 0.150. The van der Waals surface area contributed by atoms with Gasteiger partial charge in [0.25, 0.3) is 0 Å². The van der Waals surface area contributed by atoms with Gasteiger partial charge in [0.2, 0.25) is 17.0 Å². The van der Waals surface area contributed by atoms with E-state index in [9.17, 15) is 31.5 Å². The van der Waals surface area contributed by atoms with Gasteiger partial charge in [-0.15, -0.1) is 0 Å². The molecule has 0 aliphatic rings. The molecule has 0 spiro atoms. The Hall–Kier alpha value is -4.41. The van der Waals surface area contributed by atoms with E-state index in [1.54, 1.807) is 0 Å². The summed E-state index contributed by atoms with van der Waals surface area (Å²) in [6.45, 7) is -0.968. The van der Waals surface area contributed by atoms with Crippen molar-refractivity contribution in [3.8, 4) is 17.2 Å². The molecule has 1 aromatic heterocycles. The molecule has 6 nitrogen and oxygen atoms in total. The van der Waals surface area contributed by atoms with E-state index in [4.69, 9.17) is 13.9 Å². The highest BCUT2D eigenvalue weighted by molar-refractivity contribution is 5.89. The summed E-state index contributed by atoms with van der Waals surface area (Å²) in [7, 11) is 1.24. The number of halogens is 5. The van der Waals surface area contributed by atoms with Crippen LogP contribution in [0.15, 0.2) is 57.9 Å². The van der Waals surface area contributed by atoms with Gasteiger partial charge in [-0.2, -0.15) is 0 Å². The van der Waals surface area contributed by atoms with E-state index >= 15 is 0 Å². The predicted octanol–water partition coefficient (Wildman–Crippen LogP) is 5.65. The van der Waals surface area contributed by atoms with Gasteiger partial charge in [0.15, 0.2) is 23.3 Å². The number of benzene rings is 3. The fraction of sp³-hybridized carbons (Fsp3) is 0.0833. The number of esters is 1. The van der Waals surface area contributed by atoms with Crippen LogP contribution in [0.25, 0.3) is 11.0 Å². The van der Waals surface area contributed by atoms with Crippen LogP contribution in [0.4, 0.5) is 22.0 Å². The molecule has 0 atom stereocenters. The number of hydrogen-bond donors (Lipinski definition) is 0. The van der Waals surface area contributed by atoms with Crippen LogP contribution in [0.5, 0.6) is 17.2 Å². The molecule has 180 valence electrons. The minimum atomic E-state index is -2.27. The maximum Gasteiger partial charge on any atom is 0.337 e. The minimum absolute atomic E-state index is 0.0123. The number of ether oxygens (including phenoxy) is 3. The third-order valence-electron chi connectivity index (χ3n) is 4.90. The van der Waals surface area contributed by atoms with Crippen LogP contribution in [0, 0.1) is 29.1 Å². The van der Waals surface area contributed by atoms with Gasteiger partial charge >= 0.3 is 5.97 Å². The maximum absolute atomic E-state index is 13.8. The molecule has 0 unspecified atom stereocenters. The molecule has 0 amide bonds. The van der Waals surface area contributed by atoms with Crippen molar-refractivity contribution < 1.29 is 45.4 Å². The normalized spacial score (nSPS) is 10.9. The summed E-state index contributed by atoms with van der Waals surface area (Å²) in [5.41, 5.74) is -1.42. The number of methoxy groups -OCH3 is 1. The molecule has 35 heavy (non-hydrogen) atoms. The van der Waals surface area contributed by atoms with Crippen molar-refractivity contribution in [3.63, 3.8) is 0 Å². The Morgan fingerprint density at radius 2 is 1.46 bits per heavy atom. The topological polar surface area (TPSA) is 75.0 Å². The van der Waals surface area contributed by atoms with Crippen LogP contribution in [-0.2, 0) is 11.3 Å². The Morgan fingerprint density at radius 1 is 0.857 bits per heavy atom. The summed E-state index contributed by atoms with van der Waals surface area (Å²) in [6, 6.07) is 9.52. The molecular formula is C24H13F5O6. The number of hydrogen-bond acceptors (Lipinski definition) is 6. The molecule has 0 fully saturated rings. The molecule has 4 rings (SSSR count). The lowest BCUT2D eigenvalue weighted by Gasteiger charge is -2.11. The van der Waals surface area contributed by atoms with Crippen molar-refractivity contribution in [3.05, 3.63) is 99.2 Å². The zero-order valence-corrected chi connectivity index (χ0v) is 17.7. The molecule has 0 saturated carbocycles. The summed E-state index contributed by atoms with van der Waals surface area (Å²) < 4.78 is 88.1. The van der Waals surface area contributed by atoms with Crippen LogP contribution < -0.4 is 14.9 Å². The van der Waals surface area contributed by atoms with E-state index in [0.717, 1.165) is 6.26 Å². The van der Waals surface area contributed by atoms with Gasteiger partial charge in [0.1, 0.15) is 30.0 Å². The number of rotatable bonds is 6. The van der Waals surface area contributed by atoms with Crippen LogP contribution in [0.1, 0.15) is 15.9 Å². The first kappa shape index (κ1) is 23.7. The van der Waals surface area contributed by atoms with Gasteiger partial charge in [-0.3, -0.25) is 4.79 Å². The van der Waals surface area contributed by atoms with Crippen molar-refractivity contribution in [2.45, 2.75) is 6.61 Å². The standard InChI is InChI=1S/C24H13F5O6/c1-32-24(31)11-2-4-12(5-3-11)35-17-10-34-16-8-13(6-7-14(16)23(17)30)33-9-15-18(25)20(27)22(29)21(28)19(15)26/h2-8,10H,9H2,1H3. The molecule has 1 heterocycles. The van der Waals surface area contributed by atoms with Gasteiger partial charge in [0, 0.05) is 6.07 Å². The maximum atomic E-state index is 13.8. The second kappa shape index (κ2) is 9.45. The lowest BCUT2D eigenvalue weighted by atomic mass is 10.1.